The van der Waals surface area contributed by atoms with Crippen LogP contribution in [0.1, 0.15) is 15.9 Å². The SMILES string of the molecule is O=C(O)c1cc(Cl)cc(CCNC(=O)C(F)(F)F)c1. The molecule has 1 aromatic carbocycles. The van der Waals surface area contributed by atoms with E-state index in [0.717, 1.165) is 0 Å². The maximum absolute atomic E-state index is 11.9. The van der Waals surface area contributed by atoms with E-state index in [4.69, 9.17) is 16.7 Å². The highest BCUT2D eigenvalue weighted by Gasteiger charge is 2.38. The fraction of sp³-hybridized carbons (Fsp3) is 0.273. The van der Waals surface area contributed by atoms with Crippen molar-refractivity contribution in [3.63, 3.8) is 0 Å². The normalized spacial score (nSPS) is 11.2. The smallest absolute Gasteiger partial charge is 0.471 e. The lowest BCUT2D eigenvalue weighted by atomic mass is 10.1. The van der Waals surface area contributed by atoms with Crippen LogP contribution in [-0.4, -0.2) is 29.7 Å². The number of carbonyl (C=O) groups is 2. The number of benzene rings is 1. The minimum Gasteiger partial charge on any atom is -0.478 e. The van der Waals surface area contributed by atoms with E-state index < -0.39 is 18.1 Å². The molecule has 0 aliphatic rings. The van der Waals surface area contributed by atoms with Gasteiger partial charge in [0.1, 0.15) is 0 Å². The van der Waals surface area contributed by atoms with E-state index in [0.29, 0.717) is 5.56 Å². The Bertz CT molecular complexity index is 502. The van der Waals surface area contributed by atoms with Gasteiger partial charge in [-0.1, -0.05) is 11.6 Å². The first-order valence-corrected chi connectivity index (χ1v) is 5.45. The number of amides is 1. The molecule has 8 heteroatoms. The van der Waals surface area contributed by atoms with Crippen LogP contribution in [0.15, 0.2) is 18.2 Å². The first-order chi connectivity index (χ1) is 8.70. The van der Waals surface area contributed by atoms with Crippen molar-refractivity contribution in [2.45, 2.75) is 12.6 Å². The minimum absolute atomic E-state index is 0.0443. The largest absolute Gasteiger partial charge is 0.478 e. The Kier molecular flexibility index (Phi) is 4.77. The van der Waals surface area contributed by atoms with Crippen LogP contribution < -0.4 is 5.32 Å². The molecule has 104 valence electrons. The number of halogens is 4. The lowest BCUT2D eigenvalue weighted by Gasteiger charge is -2.08. The average molecular weight is 296 g/mol. The molecule has 0 saturated carbocycles. The highest BCUT2D eigenvalue weighted by atomic mass is 35.5. The van der Waals surface area contributed by atoms with Crippen molar-refractivity contribution in [3.8, 4) is 0 Å². The summed E-state index contributed by atoms with van der Waals surface area (Å²) in [5, 5.41) is 10.6. The van der Waals surface area contributed by atoms with Crippen LogP contribution in [0.4, 0.5) is 13.2 Å². The summed E-state index contributed by atoms with van der Waals surface area (Å²) in [7, 11) is 0. The molecule has 0 radical (unpaired) electrons. The predicted octanol–water partition coefficient (Wildman–Crippen LogP) is 2.26. The quantitative estimate of drug-likeness (QED) is 0.895. The molecule has 0 heterocycles. The van der Waals surface area contributed by atoms with Crippen LogP contribution in [0.5, 0.6) is 0 Å². The van der Waals surface area contributed by atoms with Gasteiger partial charge in [0.25, 0.3) is 0 Å². The maximum Gasteiger partial charge on any atom is 0.471 e. The van der Waals surface area contributed by atoms with Crippen molar-refractivity contribution in [2.75, 3.05) is 6.54 Å². The summed E-state index contributed by atoms with van der Waals surface area (Å²) in [6.07, 6.45) is -4.89. The number of aromatic carboxylic acids is 1. The highest BCUT2D eigenvalue weighted by molar-refractivity contribution is 6.31. The summed E-state index contributed by atoms with van der Waals surface area (Å²) in [5.74, 6) is -3.23. The zero-order valence-corrected chi connectivity index (χ0v) is 10.2. The molecule has 0 bridgehead atoms. The van der Waals surface area contributed by atoms with Gasteiger partial charge < -0.3 is 10.4 Å². The van der Waals surface area contributed by atoms with Gasteiger partial charge in [-0.3, -0.25) is 4.79 Å². The summed E-state index contributed by atoms with van der Waals surface area (Å²) < 4.78 is 35.7. The third-order valence-electron chi connectivity index (χ3n) is 2.16. The minimum atomic E-state index is -4.93. The van der Waals surface area contributed by atoms with Gasteiger partial charge in [0.15, 0.2) is 0 Å². The molecule has 0 saturated heterocycles. The Morgan fingerprint density at radius 2 is 1.89 bits per heavy atom. The summed E-state index contributed by atoms with van der Waals surface area (Å²) in [4.78, 5) is 21.3. The number of nitrogens with one attached hydrogen (secondary N) is 1. The van der Waals surface area contributed by atoms with Crippen molar-refractivity contribution in [2.24, 2.45) is 0 Å². The van der Waals surface area contributed by atoms with Crippen LogP contribution in [0.25, 0.3) is 0 Å². The number of carboxylic acids is 1. The van der Waals surface area contributed by atoms with Crippen LogP contribution >= 0.6 is 11.6 Å². The zero-order valence-electron chi connectivity index (χ0n) is 9.42. The standard InChI is InChI=1S/C11H9ClF3NO3/c12-8-4-6(3-7(5-8)9(17)18)1-2-16-10(19)11(13,14)15/h3-5H,1-2H2,(H,16,19)(H,17,18). The van der Waals surface area contributed by atoms with Gasteiger partial charge in [-0.05, 0) is 30.2 Å². The lowest BCUT2D eigenvalue weighted by molar-refractivity contribution is -0.173. The van der Waals surface area contributed by atoms with Gasteiger partial charge >= 0.3 is 18.1 Å². The van der Waals surface area contributed by atoms with E-state index in [1.165, 1.54) is 18.2 Å². The van der Waals surface area contributed by atoms with Gasteiger partial charge in [0, 0.05) is 11.6 Å². The molecule has 0 aliphatic heterocycles. The molecule has 1 aromatic rings. The van der Waals surface area contributed by atoms with Crippen molar-refractivity contribution in [1.29, 1.82) is 0 Å². The molecule has 4 nitrogen and oxygen atoms in total. The highest BCUT2D eigenvalue weighted by Crippen LogP contribution is 2.16. The number of hydrogen-bond donors (Lipinski definition) is 2. The fourth-order valence-corrected chi connectivity index (χ4v) is 1.60. The molecule has 1 rings (SSSR count). The molecule has 0 aromatic heterocycles. The van der Waals surface area contributed by atoms with Crippen molar-refractivity contribution in [3.05, 3.63) is 34.3 Å². The van der Waals surface area contributed by atoms with E-state index >= 15 is 0 Å². The van der Waals surface area contributed by atoms with Gasteiger partial charge in [-0.25, -0.2) is 4.79 Å². The first kappa shape index (κ1) is 15.3. The second kappa shape index (κ2) is 5.92. The van der Waals surface area contributed by atoms with Crippen LogP contribution in [0.3, 0.4) is 0 Å². The molecular weight excluding hydrogens is 287 g/mol. The van der Waals surface area contributed by atoms with E-state index in [1.54, 1.807) is 5.32 Å². The Hall–Kier alpha value is -1.76. The summed E-state index contributed by atoms with van der Waals surface area (Å²) in [6.45, 7) is -0.266. The Balaban J connectivity index is 2.64. The van der Waals surface area contributed by atoms with E-state index in [-0.39, 0.29) is 23.6 Å². The predicted molar refractivity (Wildman–Crippen MR) is 61.2 cm³/mol. The molecule has 0 fully saturated rings. The Morgan fingerprint density at radius 3 is 2.42 bits per heavy atom. The first-order valence-electron chi connectivity index (χ1n) is 5.08. The van der Waals surface area contributed by atoms with Crippen molar-refractivity contribution in [1.82, 2.24) is 5.32 Å². The summed E-state index contributed by atoms with van der Waals surface area (Å²) in [5.41, 5.74) is 0.358. The topological polar surface area (TPSA) is 66.4 Å². The number of carbonyl (C=O) groups excluding carboxylic acids is 1. The second-order valence-corrected chi connectivity index (χ2v) is 4.09. The fourth-order valence-electron chi connectivity index (χ4n) is 1.34. The van der Waals surface area contributed by atoms with E-state index in [1.807, 2.05) is 0 Å². The number of carboxylic acid groups (broad SMARTS) is 1. The Morgan fingerprint density at radius 1 is 1.26 bits per heavy atom. The third kappa shape index (κ3) is 4.78. The molecule has 19 heavy (non-hydrogen) atoms. The lowest BCUT2D eigenvalue weighted by Crippen LogP contribution is -2.37. The number of hydrogen-bond acceptors (Lipinski definition) is 2. The molecule has 0 atom stereocenters. The monoisotopic (exact) mass is 295 g/mol. The molecular formula is C11H9ClF3NO3. The maximum atomic E-state index is 11.9. The molecule has 2 N–H and O–H groups in total. The number of alkyl halides is 3. The van der Waals surface area contributed by atoms with Crippen LogP contribution in [0, 0.1) is 0 Å². The van der Waals surface area contributed by atoms with E-state index in [2.05, 4.69) is 0 Å². The van der Waals surface area contributed by atoms with Gasteiger partial charge in [0.05, 0.1) is 5.56 Å². The number of rotatable bonds is 4. The zero-order chi connectivity index (χ0) is 14.6. The Labute approximate surface area is 111 Å². The third-order valence-corrected chi connectivity index (χ3v) is 2.38. The molecule has 0 spiro atoms. The van der Waals surface area contributed by atoms with Gasteiger partial charge in [-0.15, -0.1) is 0 Å². The van der Waals surface area contributed by atoms with Crippen LogP contribution in [-0.2, 0) is 11.2 Å². The summed E-state index contributed by atoms with van der Waals surface area (Å²) >= 11 is 5.68. The summed E-state index contributed by atoms with van der Waals surface area (Å²) in [6, 6.07) is 3.93. The van der Waals surface area contributed by atoms with Gasteiger partial charge in [-0.2, -0.15) is 13.2 Å². The van der Waals surface area contributed by atoms with Crippen LogP contribution in [0.2, 0.25) is 5.02 Å². The van der Waals surface area contributed by atoms with Crippen molar-refractivity contribution < 1.29 is 27.9 Å². The average Bonchev–Trinajstić information content (AvgIpc) is 2.26. The molecule has 0 unspecified atom stereocenters. The van der Waals surface area contributed by atoms with E-state index in [9.17, 15) is 22.8 Å². The van der Waals surface area contributed by atoms with Gasteiger partial charge in [0.2, 0.25) is 0 Å². The van der Waals surface area contributed by atoms with Crippen molar-refractivity contribution >= 4 is 23.5 Å². The molecule has 1 amide bonds. The second-order valence-electron chi connectivity index (χ2n) is 3.66. The molecule has 0 aliphatic carbocycles.